The minimum atomic E-state index is -0.246. The highest BCUT2D eigenvalue weighted by atomic mass is 32.2. The largest absolute Gasteiger partial charge is 0.341 e. The summed E-state index contributed by atoms with van der Waals surface area (Å²) in [5.74, 6) is 1.42. The number of rotatable bonds is 7. The average Bonchev–Trinajstić information content (AvgIpc) is 3.44. The van der Waals surface area contributed by atoms with Crippen LogP contribution >= 0.6 is 23.1 Å². The molecule has 9 heteroatoms. The molecule has 4 rings (SSSR count). The molecule has 0 fully saturated rings. The Morgan fingerprint density at radius 1 is 1.29 bits per heavy atom. The smallest absolute Gasteiger partial charge is 0.272 e. The molecule has 0 bridgehead atoms. The molecule has 28 heavy (non-hydrogen) atoms. The number of nitrogens with one attached hydrogen (secondary N) is 1. The van der Waals surface area contributed by atoms with Gasteiger partial charge in [0.1, 0.15) is 0 Å². The Kier molecular flexibility index (Phi) is 5.45. The molecule has 1 atom stereocenters. The van der Waals surface area contributed by atoms with Crippen molar-refractivity contribution in [1.29, 1.82) is 0 Å². The van der Waals surface area contributed by atoms with Crippen LogP contribution in [0.15, 0.2) is 48.0 Å². The molecule has 144 valence electrons. The molecule has 1 amide bonds. The molecular formula is C19H20N6OS2. The van der Waals surface area contributed by atoms with Gasteiger partial charge in [-0.05, 0) is 48.1 Å². The van der Waals surface area contributed by atoms with Gasteiger partial charge in [0.25, 0.3) is 5.91 Å². The SMILES string of the molecule is CSCC[C@H](NC(=O)c1cc(-c2cccs2)n(C)n1)c1nnc2ccccn12. The third-order valence-electron chi connectivity index (χ3n) is 4.45. The predicted molar refractivity (Wildman–Crippen MR) is 113 cm³/mol. The second-order valence-corrected chi connectivity index (χ2v) is 8.24. The van der Waals surface area contributed by atoms with Crippen molar-refractivity contribution in [1.82, 2.24) is 29.7 Å². The summed E-state index contributed by atoms with van der Waals surface area (Å²) in [6.07, 6.45) is 4.72. The molecule has 0 aliphatic carbocycles. The van der Waals surface area contributed by atoms with Gasteiger partial charge < -0.3 is 5.32 Å². The van der Waals surface area contributed by atoms with Gasteiger partial charge in [-0.2, -0.15) is 16.9 Å². The van der Waals surface area contributed by atoms with Gasteiger partial charge in [-0.3, -0.25) is 13.9 Å². The number of thioether (sulfide) groups is 1. The summed E-state index contributed by atoms with van der Waals surface area (Å²) in [6, 6.07) is 11.3. The highest BCUT2D eigenvalue weighted by Gasteiger charge is 2.23. The fraction of sp³-hybridized carbons (Fsp3) is 0.263. The number of nitrogens with zero attached hydrogens (tertiary/aromatic N) is 5. The zero-order valence-corrected chi connectivity index (χ0v) is 17.2. The van der Waals surface area contributed by atoms with Crippen LogP contribution in [0.4, 0.5) is 0 Å². The van der Waals surface area contributed by atoms with E-state index in [0.29, 0.717) is 5.69 Å². The van der Waals surface area contributed by atoms with Crippen LogP contribution in [-0.2, 0) is 7.05 Å². The van der Waals surface area contributed by atoms with Gasteiger partial charge in [-0.15, -0.1) is 21.5 Å². The monoisotopic (exact) mass is 412 g/mol. The van der Waals surface area contributed by atoms with Crippen molar-refractivity contribution >= 4 is 34.7 Å². The second-order valence-electron chi connectivity index (χ2n) is 6.31. The van der Waals surface area contributed by atoms with E-state index in [1.165, 1.54) is 0 Å². The van der Waals surface area contributed by atoms with Crippen LogP contribution in [0.2, 0.25) is 0 Å². The number of amides is 1. The van der Waals surface area contributed by atoms with E-state index in [9.17, 15) is 4.79 Å². The highest BCUT2D eigenvalue weighted by molar-refractivity contribution is 7.98. The molecule has 0 radical (unpaired) electrons. The van der Waals surface area contributed by atoms with E-state index in [2.05, 4.69) is 20.6 Å². The van der Waals surface area contributed by atoms with Crippen molar-refractivity contribution in [3.05, 3.63) is 59.5 Å². The lowest BCUT2D eigenvalue weighted by molar-refractivity contribution is 0.0928. The predicted octanol–water partition coefficient (Wildman–Crippen LogP) is 3.42. The zero-order chi connectivity index (χ0) is 19.5. The quantitative estimate of drug-likeness (QED) is 0.503. The van der Waals surface area contributed by atoms with Crippen LogP contribution in [0.1, 0.15) is 28.8 Å². The van der Waals surface area contributed by atoms with Crippen LogP contribution in [0.3, 0.4) is 0 Å². The number of thiophene rings is 1. The van der Waals surface area contributed by atoms with Crippen LogP contribution in [0.25, 0.3) is 16.2 Å². The molecule has 0 saturated carbocycles. The summed E-state index contributed by atoms with van der Waals surface area (Å²) in [5.41, 5.74) is 2.08. The van der Waals surface area contributed by atoms with Crippen molar-refractivity contribution in [2.75, 3.05) is 12.0 Å². The van der Waals surface area contributed by atoms with Gasteiger partial charge in [0.15, 0.2) is 17.2 Å². The maximum atomic E-state index is 12.9. The Hall–Kier alpha value is -2.65. The van der Waals surface area contributed by atoms with Crippen molar-refractivity contribution in [3.8, 4) is 10.6 Å². The van der Waals surface area contributed by atoms with Gasteiger partial charge in [0, 0.05) is 13.2 Å². The molecule has 4 heterocycles. The van der Waals surface area contributed by atoms with Crippen LogP contribution in [-0.4, -0.2) is 42.3 Å². The van der Waals surface area contributed by atoms with Crippen molar-refractivity contribution in [3.63, 3.8) is 0 Å². The molecule has 0 aliphatic rings. The Bertz CT molecular complexity index is 1090. The summed E-state index contributed by atoms with van der Waals surface area (Å²) in [4.78, 5) is 14.0. The molecule has 0 aliphatic heterocycles. The summed E-state index contributed by atoms with van der Waals surface area (Å²) in [5, 5.41) is 18.1. The molecule has 4 aromatic rings. The van der Waals surface area contributed by atoms with E-state index < -0.39 is 0 Å². The third kappa shape index (κ3) is 3.67. The second kappa shape index (κ2) is 8.15. The Morgan fingerprint density at radius 3 is 2.96 bits per heavy atom. The van der Waals surface area contributed by atoms with Crippen LogP contribution < -0.4 is 5.32 Å². The number of carbonyl (C=O) groups excluding carboxylic acids is 1. The lowest BCUT2D eigenvalue weighted by Crippen LogP contribution is -2.30. The van der Waals surface area contributed by atoms with E-state index in [1.54, 1.807) is 27.8 Å². The van der Waals surface area contributed by atoms with Crippen molar-refractivity contribution in [2.24, 2.45) is 7.05 Å². The number of carbonyl (C=O) groups is 1. The Labute approximate surface area is 170 Å². The lowest BCUT2D eigenvalue weighted by Gasteiger charge is -2.16. The number of hydrogen-bond acceptors (Lipinski definition) is 6. The van der Waals surface area contributed by atoms with Crippen LogP contribution in [0.5, 0.6) is 0 Å². The van der Waals surface area contributed by atoms with Gasteiger partial charge in [-0.25, -0.2) is 0 Å². The summed E-state index contributed by atoms with van der Waals surface area (Å²) < 4.78 is 3.66. The fourth-order valence-corrected chi connectivity index (χ4v) is 4.31. The number of pyridine rings is 1. The first-order valence-electron chi connectivity index (χ1n) is 8.84. The maximum Gasteiger partial charge on any atom is 0.272 e. The number of hydrogen-bond donors (Lipinski definition) is 1. The maximum absolute atomic E-state index is 12.9. The summed E-state index contributed by atoms with van der Waals surface area (Å²) in [7, 11) is 1.85. The number of aromatic nitrogens is 5. The van der Waals surface area contributed by atoms with E-state index in [-0.39, 0.29) is 11.9 Å². The standard InChI is InChI=1S/C19H20N6OS2/c1-24-15(16-6-5-10-28-16)12-14(23-24)19(26)20-13(8-11-27-2)18-22-21-17-7-3-4-9-25(17)18/h3-7,9-10,12-13H,8,11H2,1-2H3,(H,20,26)/t13-/m0/s1. The first-order chi connectivity index (χ1) is 13.7. The summed E-state index contributed by atoms with van der Waals surface area (Å²) >= 11 is 3.36. The first kappa shape index (κ1) is 18.7. The Morgan fingerprint density at radius 2 is 2.18 bits per heavy atom. The van der Waals surface area contributed by atoms with Gasteiger partial charge in [0.05, 0.1) is 16.6 Å². The van der Waals surface area contributed by atoms with Crippen LogP contribution in [0, 0.1) is 0 Å². The normalized spacial score (nSPS) is 12.4. The first-order valence-corrected chi connectivity index (χ1v) is 11.1. The topological polar surface area (TPSA) is 77.1 Å². The minimum absolute atomic E-state index is 0.211. The molecule has 0 saturated heterocycles. The van der Waals surface area contributed by atoms with E-state index >= 15 is 0 Å². The molecular weight excluding hydrogens is 392 g/mol. The molecule has 0 aromatic carbocycles. The van der Waals surface area contributed by atoms with Crippen molar-refractivity contribution < 1.29 is 4.79 Å². The molecule has 4 aromatic heterocycles. The molecule has 0 spiro atoms. The van der Waals surface area contributed by atoms with E-state index in [4.69, 9.17) is 0 Å². The lowest BCUT2D eigenvalue weighted by atomic mass is 10.2. The average molecular weight is 413 g/mol. The van der Waals surface area contributed by atoms with Gasteiger partial charge in [0.2, 0.25) is 0 Å². The number of aryl methyl sites for hydroxylation is 1. The van der Waals surface area contributed by atoms with E-state index in [0.717, 1.165) is 34.2 Å². The zero-order valence-electron chi connectivity index (χ0n) is 15.6. The van der Waals surface area contributed by atoms with Crippen molar-refractivity contribution in [2.45, 2.75) is 12.5 Å². The molecule has 7 nitrogen and oxygen atoms in total. The fourth-order valence-electron chi connectivity index (χ4n) is 3.06. The minimum Gasteiger partial charge on any atom is -0.341 e. The van der Waals surface area contributed by atoms with Gasteiger partial charge in [-0.1, -0.05) is 12.1 Å². The van der Waals surface area contributed by atoms with E-state index in [1.807, 2.05) is 65.7 Å². The number of fused-ring (bicyclic) bond motifs is 1. The molecule has 1 N–H and O–H groups in total. The Balaban J connectivity index is 1.60. The summed E-state index contributed by atoms with van der Waals surface area (Å²) in [6.45, 7) is 0. The highest BCUT2D eigenvalue weighted by Crippen LogP contribution is 2.25. The van der Waals surface area contributed by atoms with Gasteiger partial charge >= 0.3 is 0 Å². The third-order valence-corrected chi connectivity index (χ3v) is 5.99. The molecule has 0 unspecified atom stereocenters.